The van der Waals surface area contributed by atoms with Gasteiger partial charge in [-0.15, -0.1) is 0 Å². The number of aliphatic hydroxyl groups excluding tert-OH is 4. The summed E-state index contributed by atoms with van der Waals surface area (Å²) in [5.41, 5.74) is 17.3. The van der Waals surface area contributed by atoms with Crippen molar-refractivity contribution in [1.29, 1.82) is 0 Å². The van der Waals surface area contributed by atoms with E-state index in [-0.39, 0.29) is 119 Å². The second kappa shape index (κ2) is 36.1. The summed E-state index contributed by atoms with van der Waals surface area (Å²) in [4.78, 5) is 73.3. The number of halogens is 1. The van der Waals surface area contributed by atoms with Gasteiger partial charge < -0.3 is 75.1 Å². The fraction of sp³-hybridized carbons (Fsp3) is 0.860. The molecule has 12 fully saturated rings. The molecule has 113 heavy (non-hydrogen) atoms. The lowest BCUT2D eigenvalue weighted by molar-refractivity contribution is -0.368. The monoisotopic (exact) mass is 1600 g/mol. The van der Waals surface area contributed by atoms with Crippen LogP contribution in [0.15, 0.2) is 45.2 Å². The van der Waals surface area contributed by atoms with E-state index in [9.17, 15) is 59.7 Å². The number of carbonyl (C=O) groups is 6. The Morgan fingerprint density at radius 2 is 0.823 bits per heavy atom. The molecule has 15 aliphatic rings. The Morgan fingerprint density at radius 3 is 1.17 bits per heavy atom. The maximum atomic E-state index is 12.6. The van der Waals surface area contributed by atoms with E-state index < -0.39 is 62.8 Å². The molecular formula is C86H132ClN7O19. The van der Waals surface area contributed by atoms with Gasteiger partial charge in [0, 0.05) is 81.4 Å². The Labute approximate surface area is 671 Å². The maximum absolute atomic E-state index is 12.6. The Bertz CT molecular complexity index is 3640. The van der Waals surface area contributed by atoms with Crippen LogP contribution in [0.2, 0.25) is 0 Å². The summed E-state index contributed by atoms with van der Waals surface area (Å²) in [6, 6.07) is 0. The molecule has 0 aromatic heterocycles. The minimum Gasteiger partial charge on any atom is -0.550 e. The first-order chi connectivity index (χ1) is 53.6. The number of azide groups is 2. The van der Waals surface area contributed by atoms with Crippen molar-refractivity contribution in [2.45, 2.75) is 320 Å². The molecule has 3 aliphatic heterocycles. The van der Waals surface area contributed by atoms with E-state index in [4.69, 9.17) is 56.2 Å². The third-order valence-corrected chi connectivity index (χ3v) is 33.8. The number of fused-ring (bicyclic) bond motifs is 15. The highest BCUT2D eigenvalue weighted by Gasteiger charge is 2.74. The molecule has 0 unspecified atom stereocenters. The van der Waals surface area contributed by atoms with Crippen LogP contribution in [0.25, 0.3) is 20.9 Å². The fourth-order valence-corrected chi connectivity index (χ4v) is 27.6. The molecule has 0 saturated heterocycles. The molecule has 15 rings (SSSR count). The van der Waals surface area contributed by atoms with Crippen molar-refractivity contribution >= 4 is 46.9 Å². The van der Waals surface area contributed by atoms with Gasteiger partial charge in [0.2, 0.25) is 0 Å². The number of carbonyl (C=O) groups excluding carboxylic acids is 6. The van der Waals surface area contributed by atoms with Crippen molar-refractivity contribution in [1.82, 2.24) is 0 Å². The van der Waals surface area contributed by atoms with E-state index in [0.717, 1.165) is 191 Å². The van der Waals surface area contributed by atoms with Gasteiger partial charge in [-0.1, -0.05) is 77.5 Å². The Morgan fingerprint density at radius 1 is 0.487 bits per heavy atom. The Hall–Kier alpha value is -5.37. The van der Waals surface area contributed by atoms with Gasteiger partial charge in [-0.2, -0.15) is 0 Å². The fourth-order valence-electron chi connectivity index (χ4n) is 27.4. The second-order valence-electron chi connectivity index (χ2n) is 38.4. The molecule has 26 nitrogen and oxygen atoms in total. The smallest absolute Gasteiger partial charge is 0.404 e. The van der Waals surface area contributed by atoms with Crippen LogP contribution in [0, 0.1) is 104 Å². The number of rotatable bonds is 19. The highest BCUT2D eigenvalue weighted by molar-refractivity contribution is 6.61. The van der Waals surface area contributed by atoms with Gasteiger partial charge in [-0.3, -0.25) is 4.79 Å². The zero-order valence-electron chi connectivity index (χ0n) is 68.2. The molecule has 12 saturated carbocycles. The van der Waals surface area contributed by atoms with Gasteiger partial charge in [0.25, 0.3) is 0 Å². The van der Waals surface area contributed by atoms with Gasteiger partial charge in [0.15, 0.2) is 0 Å². The van der Waals surface area contributed by atoms with E-state index in [2.05, 4.69) is 46.6 Å². The summed E-state index contributed by atoms with van der Waals surface area (Å²) in [6.45, 7) is 17.1. The number of aliphatic carboxylic acids is 1. The van der Waals surface area contributed by atoms with E-state index in [1.165, 1.54) is 12.8 Å². The Balaban J connectivity index is 0.000000156. The summed E-state index contributed by atoms with van der Waals surface area (Å²) in [7, 11) is 0. The molecule has 12 aliphatic carbocycles. The highest BCUT2D eigenvalue weighted by Crippen LogP contribution is 2.74. The minimum atomic E-state index is -1.08. The lowest BCUT2D eigenvalue weighted by Crippen LogP contribution is -2.67. The molecule has 0 amide bonds. The van der Waals surface area contributed by atoms with Gasteiger partial charge in [0.05, 0.1) is 47.8 Å². The zero-order valence-corrected chi connectivity index (χ0v) is 69.0. The number of carboxylic acids is 1. The average Bonchev–Trinajstić information content (AvgIpc) is 1.62. The van der Waals surface area contributed by atoms with E-state index in [1.54, 1.807) is 18.2 Å². The molecule has 0 aromatic carbocycles. The normalized spacial score (nSPS) is 43.8. The maximum Gasteiger partial charge on any atom is 0.404 e. The van der Waals surface area contributed by atoms with Crippen LogP contribution < -0.4 is 10.8 Å². The number of ether oxygens (including phenoxy) is 5. The highest BCUT2D eigenvalue weighted by atomic mass is 35.5. The third-order valence-electron chi connectivity index (χ3n) is 33.7. The lowest BCUT2D eigenvalue weighted by atomic mass is 9.42. The number of aliphatic hydroxyl groups is 7. The molecule has 3 heterocycles. The number of nitrogens with zero attached hydrogens (tertiary/aromatic N) is 6. The minimum absolute atomic E-state index is 0.0000325. The van der Waals surface area contributed by atoms with Crippen molar-refractivity contribution in [3.8, 4) is 0 Å². The third kappa shape index (κ3) is 16.9. The van der Waals surface area contributed by atoms with Crippen molar-refractivity contribution in [2.24, 2.45) is 114 Å². The van der Waals surface area contributed by atoms with Crippen LogP contribution in [-0.2, 0) is 47.7 Å². The quantitative estimate of drug-likeness (QED) is 0.0113. The number of esters is 4. The molecule has 0 radical (unpaired) electrons. The molecule has 27 atom stereocenters. The standard InChI is InChI=1S/C31H47N3O6.C24H33ClO6.C23H34O5.C6H14N4.C2H4O2/c1-29-13-11-22(40-27(36)8-6-4-3-5-7-15-33-34-32)17-21(29)9-10-24-25(29)18-26(35)30(2)23(12-14-31(24,30)38)20-16-28(37)39-19-20;1-22-7-5-15(31-21(25)28)10-14(22)3-4-17-18(22)11-19(26)23(2)16(6-8-24(17,23)29)13-9-20(27)30-12-13;1-21-7-5-15(24)10-14(21)3-4-17-18(21)11-19(25)22(2)16(6-8-23(17,22)27)13-9-20(26)28-12-13;7-5-3-1-2-4-6-9-10-8;1-2(3)4/h16,21-26,35,38H,3-15,17-19H2,1-2H3;9,14-19,26,29H,3-8,10-12H2,1-2H3;9,14-19,24-25,27H,3-8,10-12H2,1-2H3;1-7H2;1H3,(H,3,4)/t21-,22+,23-,24-,25+,26-,29+,30+,31+;14-,15+,16-,17-,18+,19-,22+,23+,24+;14-,15+,16-,17-,18+,19-,21+,22+,23+;;/m111../s1. The van der Waals surface area contributed by atoms with Crippen molar-refractivity contribution in [2.75, 3.05) is 39.5 Å². The summed E-state index contributed by atoms with van der Waals surface area (Å²) in [5, 5.41) is 97.4. The van der Waals surface area contributed by atoms with Crippen molar-refractivity contribution in [3.05, 3.63) is 55.8 Å². The molecule has 27 heteroatoms. The van der Waals surface area contributed by atoms with Crippen LogP contribution in [-0.4, -0.2) is 164 Å². The number of cyclic esters (lactones) is 3. The second-order valence-corrected chi connectivity index (χ2v) is 38.7. The first-order valence-electron chi connectivity index (χ1n) is 43.1. The van der Waals surface area contributed by atoms with Crippen molar-refractivity contribution < 1.29 is 99.0 Å². The summed E-state index contributed by atoms with van der Waals surface area (Å²) < 4.78 is 26.8. The first kappa shape index (κ1) is 88.4. The summed E-state index contributed by atoms with van der Waals surface area (Å²) in [6.07, 6.45) is 32.2. The number of hydrogen-bond acceptors (Lipinski definition) is 21. The predicted molar refractivity (Wildman–Crippen MR) is 416 cm³/mol. The van der Waals surface area contributed by atoms with E-state index in [0.29, 0.717) is 88.3 Å². The summed E-state index contributed by atoms with van der Waals surface area (Å²) >= 11 is 5.46. The number of carboxylic acid groups (broad SMARTS) is 1. The van der Waals surface area contributed by atoms with Gasteiger partial charge in [-0.05, 0) is 308 Å². The SMILES string of the molecule is CC(=O)[O-].C[C@]12CC[C@H](O)C[C@H]1CC[C@@H]1[C@@H]2C[C@@H](O)[C@]2(C)[C@@H](C3=CC(=O)OC3)CC[C@]12O.C[C@]12CC[C@H](OC(=O)CCCCCCCN=[N+]=[N-])C[C@H]1CC[C@@H]1[C@@H]2C[C@@H](O)[C@]2(C)[C@@H](C3=CC(=O)OC3)CC[C@]12O.C[C@]12CC[C@H](OC(=O)Cl)C[C@H]1CC[C@@H]1[C@@H]2C[C@@H](O)[C@]2(C)[C@@H](C3=CC(=O)OC3)CC[C@]12O.[N-]=[N+]=NCCCCCC[NH3+]. The van der Waals surface area contributed by atoms with Gasteiger partial charge >= 0.3 is 29.3 Å². The molecule has 0 spiro atoms. The topological polar surface area (TPSA) is 438 Å². The van der Waals surface area contributed by atoms with Gasteiger partial charge in [0.1, 0.15) is 32.0 Å². The molecule has 0 bridgehead atoms. The molecule has 0 aromatic rings. The first-order valence-corrected chi connectivity index (χ1v) is 43.5. The molecular weight excluding hydrogens is 1470 g/mol. The van der Waals surface area contributed by atoms with Crippen LogP contribution in [0.5, 0.6) is 0 Å². The number of unbranched alkanes of at least 4 members (excludes halogenated alkanes) is 7. The predicted octanol–water partition coefficient (Wildman–Crippen LogP) is 12.2. The van der Waals surface area contributed by atoms with Crippen LogP contribution in [0.1, 0.15) is 267 Å². The lowest BCUT2D eigenvalue weighted by Gasteiger charge is -2.65. The summed E-state index contributed by atoms with van der Waals surface area (Å²) in [5.74, 6) is 0.255. The Kier molecular flexibility index (Phi) is 28.2. The van der Waals surface area contributed by atoms with Crippen LogP contribution >= 0.6 is 11.6 Å². The van der Waals surface area contributed by atoms with E-state index >= 15 is 0 Å². The van der Waals surface area contributed by atoms with Gasteiger partial charge in [-0.25, -0.2) is 19.2 Å². The van der Waals surface area contributed by atoms with Crippen LogP contribution in [0.3, 0.4) is 0 Å². The number of hydrogen-bond donors (Lipinski definition) is 8. The molecule has 632 valence electrons. The average molecular weight is 1600 g/mol. The molecule has 10 N–H and O–H groups in total. The van der Waals surface area contributed by atoms with E-state index in [1.807, 2.05) is 20.8 Å². The largest absolute Gasteiger partial charge is 0.550 e. The van der Waals surface area contributed by atoms with Crippen molar-refractivity contribution in [3.63, 3.8) is 0 Å². The van der Waals surface area contributed by atoms with Crippen LogP contribution in [0.4, 0.5) is 4.79 Å². The number of quaternary nitrogens is 1. The zero-order chi connectivity index (χ0) is 81.9.